The zero-order chi connectivity index (χ0) is 23.0. The lowest BCUT2D eigenvalue weighted by Crippen LogP contribution is -2.07. The number of halogens is 3. The Balaban J connectivity index is 1.79. The Morgan fingerprint density at radius 3 is 2.47 bits per heavy atom. The highest BCUT2D eigenvalue weighted by molar-refractivity contribution is 5.62. The summed E-state index contributed by atoms with van der Waals surface area (Å²) < 4.78 is 48.4. The first-order valence-electron chi connectivity index (χ1n) is 9.88. The molecule has 32 heavy (non-hydrogen) atoms. The second-order valence-electron chi connectivity index (χ2n) is 7.52. The van der Waals surface area contributed by atoms with Gasteiger partial charge in [0.05, 0.1) is 24.7 Å². The molecule has 0 fully saturated rings. The van der Waals surface area contributed by atoms with Crippen LogP contribution in [0.2, 0.25) is 0 Å². The Morgan fingerprint density at radius 1 is 1.06 bits per heavy atom. The number of aromatic nitrogens is 6. The average molecular weight is 442 g/mol. The molecule has 0 aliphatic heterocycles. The van der Waals surface area contributed by atoms with Gasteiger partial charge in [-0.1, -0.05) is 12.1 Å². The van der Waals surface area contributed by atoms with Crippen molar-refractivity contribution in [1.29, 1.82) is 0 Å². The van der Waals surface area contributed by atoms with Gasteiger partial charge in [0.2, 0.25) is 5.88 Å². The number of nitrogens with zero attached hydrogens (tertiary/aromatic N) is 6. The fourth-order valence-corrected chi connectivity index (χ4v) is 3.28. The summed E-state index contributed by atoms with van der Waals surface area (Å²) in [6.45, 7) is 5.64. The van der Waals surface area contributed by atoms with Crippen molar-refractivity contribution in [2.75, 3.05) is 7.11 Å². The summed E-state index contributed by atoms with van der Waals surface area (Å²) in [5.41, 5.74) is 1.56. The molecule has 0 atom stereocenters. The summed E-state index contributed by atoms with van der Waals surface area (Å²) in [6, 6.07) is 8.47. The molecule has 0 spiro atoms. The van der Waals surface area contributed by atoms with Gasteiger partial charge in [-0.2, -0.15) is 13.2 Å². The molecule has 0 saturated heterocycles. The van der Waals surface area contributed by atoms with Crippen LogP contribution >= 0.6 is 0 Å². The van der Waals surface area contributed by atoms with E-state index in [1.165, 1.54) is 13.2 Å². The predicted octanol–water partition coefficient (Wildman–Crippen LogP) is 5.11. The third kappa shape index (κ3) is 4.08. The van der Waals surface area contributed by atoms with E-state index in [9.17, 15) is 13.2 Å². The van der Waals surface area contributed by atoms with E-state index in [2.05, 4.69) is 20.1 Å². The summed E-state index contributed by atoms with van der Waals surface area (Å²) in [4.78, 5) is 13.3. The van der Waals surface area contributed by atoms with Crippen molar-refractivity contribution in [3.8, 4) is 34.5 Å². The van der Waals surface area contributed by atoms with E-state index in [-0.39, 0.29) is 11.9 Å². The Hall–Kier alpha value is -3.69. The van der Waals surface area contributed by atoms with Gasteiger partial charge in [0.15, 0.2) is 11.6 Å². The second-order valence-corrected chi connectivity index (χ2v) is 7.52. The van der Waals surface area contributed by atoms with Crippen molar-refractivity contribution in [3.05, 3.63) is 60.2 Å². The third-order valence-electron chi connectivity index (χ3n) is 4.82. The maximum absolute atomic E-state index is 13.2. The SMILES string of the molecule is COc1nc(-c2nc(-c3cccc(C(F)(F)F)c3)n(C(C)C)n2)ccc1-n1cnc(C)c1. The molecule has 0 aliphatic rings. The Bertz CT molecular complexity index is 1260. The van der Waals surface area contributed by atoms with Crippen molar-refractivity contribution in [2.24, 2.45) is 0 Å². The molecule has 0 saturated carbocycles. The molecule has 0 aliphatic carbocycles. The van der Waals surface area contributed by atoms with Crippen LogP contribution in [-0.2, 0) is 6.18 Å². The fraction of sp³-hybridized carbons (Fsp3) is 0.273. The van der Waals surface area contributed by atoms with Crippen LogP contribution in [0, 0.1) is 6.92 Å². The smallest absolute Gasteiger partial charge is 0.416 e. The maximum atomic E-state index is 13.2. The number of benzene rings is 1. The van der Waals surface area contributed by atoms with E-state index >= 15 is 0 Å². The lowest BCUT2D eigenvalue weighted by Gasteiger charge is -2.11. The zero-order valence-corrected chi connectivity index (χ0v) is 17.9. The minimum absolute atomic E-state index is 0.129. The van der Waals surface area contributed by atoms with Crippen molar-refractivity contribution in [1.82, 2.24) is 29.3 Å². The van der Waals surface area contributed by atoms with Crippen LogP contribution < -0.4 is 4.74 Å². The lowest BCUT2D eigenvalue weighted by atomic mass is 10.1. The molecule has 3 heterocycles. The van der Waals surface area contributed by atoms with E-state index in [1.54, 1.807) is 27.7 Å². The molecule has 1 aromatic carbocycles. The van der Waals surface area contributed by atoms with Gasteiger partial charge in [0.1, 0.15) is 11.4 Å². The van der Waals surface area contributed by atoms with Crippen molar-refractivity contribution >= 4 is 0 Å². The summed E-state index contributed by atoms with van der Waals surface area (Å²) in [7, 11) is 1.51. The number of alkyl halides is 3. The molecular formula is C22H21F3N6O. The van der Waals surface area contributed by atoms with Crippen LogP contribution in [0.5, 0.6) is 5.88 Å². The molecule has 0 unspecified atom stereocenters. The number of rotatable bonds is 5. The molecule has 0 N–H and O–H groups in total. The van der Waals surface area contributed by atoms with Gasteiger partial charge >= 0.3 is 6.18 Å². The Labute approximate surface area is 182 Å². The molecule has 166 valence electrons. The molecule has 0 amide bonds. The number of imidazole rings is 1. The van der Waals surface area contributed by atoms with Crippen LogP contribution in [0.1, 0.15) is 31.1 Å². The van der Waals surface area contributed by atoms with Crippen LogP contribution in [-0.4, -0.2) is 36.4 Å². The van der Waals surface area contributed by atoms with Crippen LogP contribution in [0.25, 0.3) is 28.6 Å². The fourth-order valence-electron chi connectivity index (χ4n) is 3.28. The first-order valence-corrected chi connectivity index (χ1v) is 9.88. The third-order valence-corrected chi connectivity index (χ3v) is 4.82. The van der Waals surface area contributed by atoms with E-state index in [4.69, 9.17) is 4.74 Å². The summed E-state index contributed by atoms with van der Waals surface area (Å²) in [5, 5.41) is 4.52. The molecule has 4 rings (SSSR count). The van der Waals surface area contributed by atoms with Gasteiger partial charge < -0.3 is 9.30 Å². The molecule has 4 aromatic rings. The quantitative estimate of drug-likeness (QED) is 0.430. The van der Waals surface area contributed by atoms with Crippen molar-refractivity contribution in [2.45, 2.75) is 33.0 Å². The number of ether oxygens (including phenoxy) is 1. The number of pyridine rings is 1. The monoisotopic (exact) mass is 442 g/mol. The minimum atomic E-state index is -4.45. The van der Waals surface area contributed by atoms with E-state index in [0.29, 0.717) is 28.6 Å². The summed E-state index contributed by atoms with van der Waals surface area (Å²) in [5.74, 6) is 0.968. The average Bonchev–Trinajstić information content (AvgIpc) is 3.39. The summed E-state index contributed by atoms with van der Waals surface area (Å²) in [6.07, 6.45) is -0.944. The van der Waals surface area contributed by atoms with E-state index < -0.39 is 11.7 Å². The second kappa shape index (κ2) is 8.10. The van der Waals surface area contributed by atoms with Crippen molar-refractivity contribution < 1.29 is 17.9 Å². The molecule has 0 radical (unpaired) electrons. The number of hydrogen-bond acceptors (Lipinski definition) is 5. The number of aryl methyl sites for hydroxylation is 1. The standard InChI is InChI=1S/C22H21F3N6O/c1-13(2)31-20(15-6-5-7-16(10-15)22(23,24)25)28-19(29-31)17-8-9-18(21(27-17)32-4)30-11-14(3)26-12-30/h5-13H,1-4H3. The van der Waals surface area contributed by atoms with Gasteiger partial charge in [-0.25, -0.2) is 19.6 Å². The molecule has 7 nitrogen and oxygen atoms in total. The number of hydrogen-bond donors (Lipinski definition) is 0. The zero-order valence-electron chi connectivity index (χ0n) is 17.9. The first-order chi connectivity index (χ1) is 15.2. The van der Waals surface area contributed by atoms with E-state index in [0.717, 1.165) is 17.8 Å². The summed E-state index contributed by atoms with van der Waals surface area (Å²) >= 11 is 0. The predicted molar refractivity (Wildman–Crippen MR) is 112 cm³/mol. The van der Waals surface area contributed by atoms with Gasteiger partial charge in [0, 0.05) is 17.8 Å². The highest BCUT2D eigenvalue weighted by Crippen LogP contribution is 2.33. The van der Waals surface area contributed by atoms with E-state index in [1.807, 2.05) is 33.0 Å². The van der Waals surface area contributed by atoms with Gasteiger partial charge in [0.25, 0.3) is 0 Å². The maximum Gasteiger partial charge on any atom is 0.416 e. The van der Waals surface area contributed by atoms with Crippen LogP contribution in [0.15, 0.2) is 48.9 Å². The normalized spacial score (nSPS) is 11.9. The van der Waals surface area contributed by atoms with Gasteiger partial charge in [-0.3, -0.25) is 0 Å². The highest BCUT2D eigenvalue weighted by atomic mass is 19.4. The minimum Gasteiger partial charge on any atom is -0.479 e. The topological polar surface area (TPSA) is 70.7 Å². The first kappa shape index (κ1) is 21.5. The van der Waals surface area contributed by atoms with Crippen molar-refractivity contribution in [3.63, 3.8) is 0 Å². The Kier molecular flexibility index (Phi) is 5.45. The Morgan fingerprint density at radius 2 is 1.84 bits per heavy atom. The van der Waals surface area contributed by atoms with Crippen LogP contribution in [0.3, 0.4) is 0 Å². The highest BCUT2D eigenvalue weighted by Gasteiger charge is 2.31. The van der Waals surface area contributed by atoms with Crippen LogP contribution in [0.4, 0.5) is 13.2 Å². The molecular weight excluding hydrogens is 421 g/mol. The molecule has 10 heteroatoms. The lowest BCUT2D eigenvalue weighted by molar-refractivity contribution is -0.137. The molecule has 0 bridgehead atoms. The number of methoxy groups -OCH3 is 1. The van der Waals surface area contributed by atoms with Gasteiger partial charge in [-0.15, -0.1) is 5.10 Å². The van der Waals surface area contributed by atoms with Gasteiger partial charge in [-0.05, 0) is 45.0 Å². The largest absolute Gasteiger partial charge is 0.479 e. The molecule has 3 aromatic heterocycles.